The number of aliphatic hydroxyl groups excluding tert-OH is 5. The van der Waals surface area contributed by atoms with Crippen LogP contribution >= 0.6 is 0 Å². The molecule has 0 aromatic carbocycles. The molecule has 0 amide bonds. The molecule has 1 heterocycles. The molecule has 7 N–H and O–H groups in total. The van der Waals surface area contributed by atoms with Gasteiger partial charge in [0, 0.05) is 0 Å². The topological polar surface area (TPSA) is 150 Å². The summed E-state index contributed by atoms with van der Waals surface area (Å²) in [5.74, 6) is -0.720. The minimum absolute atomic E-state index is 0.269. The number of nitrogens with one attached hydrogen (secondary N) is 1. The van der Waals surface area contributed by atoms with Gasteiger partial charge in [-0.25, -0.2) is 0 Å². The average molecular weight is 267 g/mol. The number of carboxylic acid groups (broad SMARTS) is 1. The van der Waals surface area contributed by atoms with E-state index < -0.39 is 37.5 Å². The van der Waals surface area contributed by atoms with Crippen LogP contribution in [0.15, 0.2) is 0 Å². The Morgan fingerprint density at radius 2 is 1.67 bits per heavy atom. The number of hydrogen-bond donors (Lipinski definition) is 7. The van der Waals surface area contributed by atoms with Crippen molar-refractivity contribution in [3.63, 3.8) is 0 Å². The monoisotopic (exact) mass is 267 g/mol. The van der Waals surface area contributed by atoms with Crippen LogP contribution in [0.25, 0.3) is 0 Å². The summed E-state index contributed by atoms with van der Waals surface area (Å²) < 4.78 is 0. The Hall–Kier alpha value is -0.770. The molecule has 0 bridgehead atoms. The van der Waals surface area contributed by atoms with Gasteiger partial charge in [0.2, 0.25) is 0 Å². The highest BCUT2D eigenvalue weighted by Gasteiger charge is 2.22. The quantitative estimate of drug-likeness (QED) is 0.276. The molecule has 8 heteroatoms. The Bertz CT molecular complexity index is 222. The van der Waals surface area contributed by atoms with Crippen molar-refractivity contribution in [2.24, 2.45) is 0 Å². The summed E-state index contributed by atoms with van der Waals surface area (Å²) in [6.07, 6.45) is -2.51. The molecule has 1 fully saturated rings. The van der Waals surface area contributed by atoms with Gasteiger partial charge in [-0.05, 0) is 19.4 Å². The van der Waals surface area contributed by atoms with Crippen molar-refractivity contribution < 1.29 is 35.4 Å². The molecule has 0 aromatic rings. The van der Waals surface area contributed by atoms with Crippen molar-refractivity contribution >= 4 is 5.97 Å². The van der Waals surface area contributed by atoms with Crippen LogP contribution in [-0.4, -0.2) is 80.7 Å². The average Bonchev–Trinajstić information content (AvgIpc) is 2.90. The normalized spacial score (nSPS) is 23.7. The lowest BCUT2D eigenvalue weighted by molar-refractivity contribution is -0.139. The molecular formula is C10H21NO7. The van der Waals surface area contributed by atoms with Gasteiger partial charge in [-0.1, -0.05) is 0 Å². The number of carbonyl (C=O) groups is 1. The summed E-state index contributed by atoms with van der Waals surface area (Å²) in [5, 5.41) is 53.8. The Balaban J connectivity index is 0.000000327. The third-order valence-corrected chi connectivity index (χ3v) is 2.52. The second kappa shape index (κ2) is 9.20. The molecule has 0 radical (unpaired) electrons. The van der Waals surface area contributed by atoms with E-state index >= 15 is 0 Å². The maximum atomic E-state index is 10.1. The van der Waals surface area contributed by atoms with Gasteiger partial charge in [-0.3, -0.25) is 4.79 Å². The van der Waals surface area contributed by atoms with Crippen LogP contribution in [0.3, 0.4) is 0 Å². The van der Waals surface area contributed by atoms with Crippen LogP contribution in [0.2, 0.25) is 0 Å². The molecule has 1 aliphatic rings. The van der Waals surface area contributed by atoms with Gasteiger partial charge in [0.05, 0.1) is 13.2 Å². The first-order chi connectivity index (χ1) is 8.43. The maximum Gasteiger partial charge on any atom is 0.320 e. The van der Waals surface area contributed by atoms with Gasteiger partial charge in [0.25, 0.3) is 0 Å². The molecular weight excluding hydrogens is 246 g/mol. The Morgan fingerprint density at radius 3 is 1.89 bits per heavy atom. The molecule has 1 saturated heterocycles. The first kappa shape index (κ1) is 17.2. The number of hydrogen-bond acceptors (Lipinski definition) is 7. The molecule has 8 nitrogen and oxygen atoms in total. The molecule has 0 aliphatic carbocycles. The fourth-order valence-corrected chi connectivity index (χ4v) is 1.37. The van der Waals surface area contributed by atoms with Crippen LogP contribution in [0, 0.1) is 0 Å². The van der Waals surface area contributed by atoms with Crippen molar-refractivity contribution in [1.29, 1.82) is 0 Å². The van der Waals surface area contributed by atoms with Crippen LogP contribution < -0.4 is 5.32 Å². The van der Waals surface area contributed by atoms with Gasteiger partial charge in [-0.2, -0.15) is 0 Å². The number of aliphatic hydroxyl groups is 5. The fourth-order valence-electron chi connectivity index (χ4n) is 1.37. The van der Waals surface area contributed by atoms with Gasteiger partial charge >= 0.3 is 5.97 Å². The highest BCUT2D eigenvalue weighted by Crippen LogP contribution is 2.03. The van der Waals surface area contributed by atoms with E-state index in [4.69, 9.17) is 30.6 Å². The second-order valence-electron chi connectivity index (χ2n) is 3.98. The van der Waals surface area contributed by atoms with Crippen LogP contribution in [0.4, 0.5) is 0 Å². The minimum atomic E-state index is -1.49. The van der Waals surface area contributed by atoms with E-state index in [-0.39, 0.29) is 6.04 Å². The zero-order valence-corrected chi connectivity index (χ0v) is 9.94. The van der Waals surface area contributed by atoms with Crippen molar-refractivity contribution in [3.8, 4) is 0 Å². The lowest BCUT2D eigenvalue weighted by Crippen LogP contribution is -2.41. The summed E-state index contributed by atoms with van der Waals surface area (Å²) in [6, 6.07) is -0.269. The van der Waals surface area contributed by atoms with E-state index in [1.165, 1.54) is 0 Å². The van der Waals surface area contributed by atoms with E-state index in [0.29, 0.717) is 0 Å². The molecule has 3 atom stereocenters. The van der Waals surface area contributed by atoms with Gasteiger partial charge in [0.1, 0.15) is 24.4 Å². The lowest BCUT2D eigenvalue weighted by Gasteiger charge is -2.19. The summed E-state index contributed by atoms with van der Waals surface area (Å²) in [6.45, 7) is -0.423. The van der Waals surface area contributed by atoms with E-state index in [9.17, 15) is 4.79 Å². The standard InChI is InChI=1S/C5H9NO2.C5H12O5/c7-5(8)4-2-1-3-6-4;6-1-3(8)5(10)4(9)2-7/h4,6H,1-3H2,(H,7,8);3-10H,1-2H2/t4-;/m0./s1. The first-order valence-electron chi connectivity index (χ1n) is 5.66. The zero-order valence-electron chi connectivity index (χ0n) is 9.94. The van der Waals surface area contributed by atoms with E-state index in [2.05, 4.69) is 5.32 Å². The molecule has 1 rings (SSSR count). The van der Waals surface area contributed by atoms with E-state index in [0.717, 1.165) is 19.4 Å². The fraction of sp³-hybridized carbons (Fsp3) is 0.900. The highest BCUT2D eigenvalue weighted by molar-refractivity contribution is 5.73. The van der Waals surface area contributed by atoms with E-state index in [1.54, 1.807) is 0 Å². The molecule has 0 spiro atoms. The molecule has 0 saturated carbocycles. The predicted molar refractivity (Wildman–Crippen MR) is 60.9 cm³/mol. The third-order valence-electron chi connectivity index (χ3n) is 2.52. The molecule has 0 aromatic heterocycles. The Labute approximate surface area is 105 Å². The van der Waals surface area contributed by atoms with Crippen LogP contribution in [0.5, 0.6) is 0 Å². The first-order valence-corrected chi connectivity index (χ1v) is 5.66. The number of carboxylic acids is 1. The van der Waals surface area contributed by atoms with Crippen molar-refractivity contribution in [2.75, 3.05) is 19.8 Å². The molecule has 18 heavy (non-hydrogen) atoms. The zero-order chi connectivity index (χ0) is 14.1. The summed E-state index contributed by atoms with van der Waals surface area (Å²) in [7, 11) is 0. The predicted octanol–water partition coefficient (Wildman–Crippen LogP) is -3.12. The van der Waals surface area contributed by atoms with E-state index in [1.807, 2.05) is 0 Å². The van der Waals surface area contributed by atoms with Crippen molar-refractivity contribution in [3.05, 3.63) is 0 Å². The largest absolute Gasteiger partial charge is 0.480 e. The number of aliphatic carboxylic acids is 1. The maximum absolute atomic E-state index is 10.1. The molecule has 2 unspecified atom stereocenters. The molecule has 1 aliphatic heterocycles. The summed E-state index contributed by atoms with van der Waals surface area (Å²) in [5.41, 5.74) is 0. The third kappa shape index (κ3) is 6.24. The SMILES string of the molecule is O=C(O)[C@@H]1CCCN1.OCC(O)C(O)C(O)CO. The molecule has 108 valence electrons. The second-order valence-corrected chi connectivity index (χ2v) is 3.98. The summed E-state index contributed by atoms with van der Waals surface area (Å²) >= 11 is 0. The Morgan fingerprint density at radius 1 is 1.17 bits per heavy atom. The van der Waals surface area contributed by atoms with Gasteiger partial charge in [0.15, 0.2) is 0 Å². The van der Waals surface area contributed by atoms with Crippen LogP contribution in [0.1, 0.15) is 12.8 Å². The lowest BCUT2D eigenvalue weighted by atomic mass is 10.1. The van der Waals surface area contributed by atoms with Crippen molar-refractivity contribution in [2.45, 2.75) is 37.2 Å². The van der Waals surface area contributed by atoms with Crippen LogP contribution in [-0.2, 0) is 4.79 Å². The minimum Gasteiger partial charge on any atom is -0.480 e. The summed E-state index contributed by atoms with van der Waals surface area (Å²) in [4.78, 5) is 10.1. The van der Waals surface area contributed by atoms with Crippen molar-refractivity contribution in [1.82, 2.24) is 5.32 Å². The Kier molecular flexibility index (Phi) is 8.81. The van der Waals surface area contributed by atoms with Gasteiger partial charge < -0.3 is 36.0 Å². The van der Waals surface area contributed by atoms with Gasteiger partial charge in [-0.15, -0.1) is 0 Å². The highest BCUT2D eigenvalue weighted by atomic mass is 16.4. The smallest absolute Gasteiger partial charge is 0.320 e. The number of rotatable bonds is 5.